The first-order valence-electron chi connectivity index (χ1n) is 3.94. The Kier molecular flexibility index (Phi) is 6.61. The normalized spacial score (nSPS) is 13.5. The molecule has 0 aliphatic heterocycles. The van der Waals surface area contributed by atoms with E-state index in [0.717, 1.165) is 6.42 Å². The molecule has 0 aromatic rings. The van der Waals surface area contributed by atoms with E-state index in [9.17, 15) is 4.79 Å². The second-order valence-corrected chi connectivity index (χ2v) is 4.80. The molecule has 1 N–H and O–H groups in total. The zero-order valence-corrected chi connectivity index (χ0v) is 10.1. The average molecular weight is 265 g/mol. The van der Waals surface area contributed by atoms with Crippen LogP contribution in [-0.2, 0) is 9.47 Å². The summed E-state index contributed by atoms with van der Waals surface area (Å²) in [5.74, 6) is 0. The number of methoxy groups -OCH3 is 1. The molecule has 14 heavy (non-hydrogen) atoms. The molecule has 0 radical (unpaired) electrons. The van der Waals surface area contributed by atoms with E-state index in [4.69, 9.17) is 39.5 Å². The van der Waals surface area contributed by atoms with E-state index < -0.39 is 16.1 Å². The van der Waals surface area contributed by atoms with Gasteiger partial charge in [-0.15, -0.1) is 0 Å². The summed E-state index contributed by atoms with van der Waals surface area (Å²) >= 11 is 16.7. The van der Waals surface area contributed by atoms with E-state index in [1.807, 2.05) is 6.92 Å². The molecule has 0 aliphatic rings. The minimum atomic E-state index is -1.72. The SMILES string of the molecule is CCCO[C@@H](NC(=O)OC)C(Cl)(Cl)Cl. The van der Waals surface area contributed by atoms with E-state index in [2.05, 4.69) is 10.1 Å². The Morgan fingerprint density at radius 1 is 1.50 bits per heavy atom. The van der Waals surface area contributed by atoms with Crippen LogP contribution in [0.4, 0.5) is 4.79 Å². The number of ether oxygens (including phenoxy) is 2. The fourth-order valence-corrected chi connectivity index (χ4v) is 0.972. The fourth-order valence-electron chi connectivity index (χ4n) is 0.620. The van der Waals surface area contributed by atoms with Crippen molar-refractivity contribution in [3.8, 4) is 0 Å². The van der Waals surface area contributed by atoms with Gasteiger partial charge in [-0.3, -0.25) is 5.32 Å². The monoisotopic (exact) mass is 263 g/mol. The quantitative estimate of drug-likeness (QED) is 0.627. The largest absolute Gasteiger partial charge is 0.453 e. The predicted molar refractivity (Wildman–Crippen MR) is 55.9 cm³/mol. The molecule has 0 saturated heterocycles. The number of amides is 1. The Balaban J connectivity index is 4.18. The lowest BCUT2D eigenvalue weighted by atomic mass is 10.5. The van der Waals surface area contributed by atoms with E-state index in [-0.39, 0.29) is 0 Å². The molecule has 0 unspecified atom stereocenters. The van der Waals surface area contributed by atoms with E-state index in [1.165, 1.54) is 7.11 Å². The summed E-state index contributed by atoms with van der Waals surface area (Å²) in [6, 6.07) is 0. The van der Waals surface area contributed by atoms with Crippen LogP contribution in [0, 0.1) is 0 Å². The molecule has 1 atom stereocenters. The number of alkyl halides is 3. The van der Waals surface area contributed by atoms with Crippen molar-refractivity contribution in [3.05, 3.63) is 0 Å². The summed E-state index contributed by atoms with van der Waals surface area (Å²) in [5, 5.41) is 2.26. The molecule has 0 fully saturated rings. The lowest BCUT2D eigenvalue weighted by Crippen LogP contribution is -2.45. The van der Waals surface area contributed by atoms with Crippen LogP contribution in [0.25, 0.3) is 0 Å². The zero-order chi connectivity index (χ0) is 11.2. The summed E-state index contributed by atoms with van der Waals surface area (Å²) in [5.41, 5.74) is 0. The maximum absolute atomic E-state index is 10.8. The van der Waals surface area contributed by atoms with Gasteiger partial charge in [0.2, 0.25) is 3.79 Å². The van der Waals surface area contributed by atoms with Crippen LogP contribution in [0.3, 0.4) is 0 Å². The maximum atomic E-state index is 10.8. The van der Waals surface area contributed by atoms with Gasteiger partial charge in [0.15, 0.2) is 6.23 Å². The van der Waals surface area contributed by atoms with Crippen molar-refractivity contribution in [3.63, 3.8) is 0 Å². The van der Waals surface area contributed by atoms with Crippen molar-refractivity contribution >= 4 is 40.9 Å². The summed E-state index contributed by atoms with van der Waals surface area (Å²) in [7, 11) is 1.21. The minimum absolute atomic E-state index is 0.378. The molecule has 1 amide bonds. The molecule has 7 heteroatoms. The summed E-state index contributed by atoms with van der Waals surface area (Å²) in [6.45, 7) is 2.27. The van der Waals surface area contributed by atoms with Gasteiger partial charge in [0.1, 0.15) is 0 Å². The molecule has 0 saturated carbocycles. The Labute approximate surface area is 97.8 Å². The first-order valence-corrected chi connectivity index (χ1v) is 5.08. The zero-order valence-electron chi connectivity index (χ0n) is 7.85. The van der Waals surface area contributed by atoms with Gasteiger partial charge < -0.3 is 9.47 Å². The van der Waals surface area contributed by atoms with Crippen LogP contribution in [0.15, 0.2) is 0 Å². The smallest absolute Gasteiger partial charge is 0.409 e. The topological polar surface area (TPSA) is 47.6 Å². The van der Waals surface area contributed by atoms with Crippen molar-refractivity contribution in [1.82, 2.24) is 5.32 Å². The highest BCUT2D eigenvalue weighted by molar-refractivity contribution is 6.68. The van der Waals surface area contributed by atoms with Gasteiger partial charge >= 0.3 is 6.09 Å². The van der Waals surface area contributed by atoms with Gasteiger partial charge in [-0.2, -0.15) is 0 Å². The van der Waals surface area contributed by atoms with Crippen LogP contribution in [-0.4, -0.2) is 29.8 Å². The average Bonchev–Trinajstić information content (AvgIpc) is 2.09. The fraction of sp³-hybridized carbons (Fsp3) is 0.857. The standard InChI is InChI=1S/C7H12Cl3NO3/c1-3-4-14-5(7(8,9)10)11-6(12)13-2/h5H,3-4H2,1-2H3,(H,11,12)/t5-/m1/s1. The van der Waals surface area contributed by atoms with E-state index in [0.29, 0.717) is 6.61 Å². The van der Waals surface area contributed by atoms with Crippen molar-refractivity contribution in [2.75, 3.05) is 13.7 Å². The first-order chi connectivity index (χ1) is 6.41. The molecule has 0 heterocycles. The minimum Gasteiger partial charge on any atom is -0.453 e. The van der Waals surface area contributed by atoms with Crippen LogP contribution in [0.5, 0.6) is 0 Å². The van der Waals surface area contributed by atoms with Crippen molar-refractivity contribution in [2.45, 2.75) is 23.4 Å². The number of alkyl carbamates (subject to hydrolysis) is 1. The third kappa shape index (κ3) is 5.75. The van der Waals surface area contributed by atoms with Crippen LogP contribution < -0.4 is 5.32 Å². The number of carbonyl (C=O) groups excluding carboxylic acids is 1. The molecule has 4 nitrogen and oxygen atoms in total. The van der Waals surface area contributed by atoms with Gasteiger partial charge in [0.25, 0.3) is 0 Å². The molecule has 0 rings (SSSR count). The highest BCUT2D eigenvalue weighted by Gasteiger charge is 2.35. The van der Waals surface area contributed by atoms with Gasteiger partial charge in [-0.05, 0) is 6.42 Å². The molecular weight excluding hydrogens is 252 g/mol. The molecule has 0 aromatic heterocycles. The first kappa shape index (κ1) is 14.1. The Hall–Kier alpha value is 0.1000. The highest BCUT2D eigenvalue weighted by Crippen LogP contribution is 2.31. The lowest BCUT2D eigenvalue weighted by Gasteiger charge is -2.24. The van der Waals surface area contributed by atoms with E-state index >= 15 is 0 Å². The number of halogens is 3. The molecular formula is C7H12Cl3NO3. The van der Waals surface area contributed by atoms with Crippen molar-refractivity contribution < 1.29 is 14.3 Å². The van der Waals surface area contributed by atoms with Crippen LogP contribution in [0.1, 0.15) is 13.3 Å². The van der Waals surface area contributed by atoms with Crippen LogP contribution >= 0.6 is 34.8 Å². The van der Waals surface area contributed by atoms with Gasteiger partial charge in [-0.1, -0.05) is 41.7 Å². The summed E-state index contributed by atoms with van der Waals surface area (Å²) in [6.07, 6.45) is -0.975. The number of carbonyl (C=O) groups is 1. The second-order valence-electron chi connectivity index (χ2n) is 2.43. The third-order valence-corrected chi connectivity index (χ3v) is 1.81. The molecule has 0 aromatic carbocycles. The van der Waals surface area contributed by atoms with Crippen LogP contribution in [0.2, 0.25) is 0 Å². The van der Waals surface area contributed by atoms with Crippen molar-refractivity contribution in [2.24, 2.45) is 0 Å². The second kappa shape index (κ2) is 6.56. The van der Waals surface area contributed by atoms with Crippen molar-refractivity contribution in [1.29, 1.82) is 0 Å². The Bertz CT molecular complexity index is 184. The number of hydrogen-bond acceptors (Lipinski definition) is 3. The molecule has 0 aliphatic carbocycles. The van der Waals surface area contributed by atoms with E-state index in [1.54, 1.807) is 0 Å². The predicted octanol–water partition coefficient (Wildman–Crippen LogP) is 2.47. The maximum Gasteiger partial charge on any atom is 0.409 e. The molecule has 0 bridgehead atoms. The van der Waals surface area contributed by atoms with Gasteiger partial charge in [0.05, 0.1) is 7.11 Å². The van der Waals surface area contributed by atoms with Gasteiger partial charge in [0, 0.05) is 6.61 Å². The number of nitrogens with one attached hydrogen (secondary N) is 1. The summed E-state index contributed by atoms with van der Waals surface area (Å²) < 4.78 is 7.75. The summed E-state index contributed by atoms with van der Waals surface area (Å²) in [4.78, 5) is 10.8. The number of rotatable bonds is 4. The lowest BCUT2D eigenvalue weighted by molar-refractivity contribution is 0.0316. The molecule has 0 spiro atoms. The molecule has 84 valence electrons. The highest BCUT2D eigenvalue weighted by atomic mass is 35.6. The number of hydrogen-bond donors (Lipinski definition) is 1. The third-order valence-electron chi connectivity index (χ3n) is 1.22. The van der Waals surface area contributed by atoms with Gasteiger partial charge in [-0.25, -0.2) is 4.79 Å². The Morgan fingerprint density at radius 2 is 2.07 bits per heavy atom. The Morgan fingerprint density at radius 3 is 2.43 bits per heavy atom.